The van der Waals surface area contributed by atoms with Crippen molar-refractivity contribution >= 4 is 22.2 Å². The molecule has 0 aromatic heterocycles. The third kappa shape index (κ3) is 3.20. The van der Waals surface area contributed by atoms with Crippen LogP contribution >= 0.6 is 0 Å². The van der Waals surface area contributed by atoms with Gasteiger partial charge in [-0.3, -0.25) is 4.79 Å². The van der Waals surface area contributed by atoms with Crippen LogP contribution in [0.2, 0.25) is 0 Å². The van der Waals surface area contributed by atoms with Crippen molar-refractivity contribution in [2.75, 3.05) is 37.6 Å². The van der Waals surface area contributed by atoms with Gasteiger partial charge >= 0.3 is 6.18 Å². The average Bonchev–Trinajstić information content (AvgIpc) is 3.24. The van der Waals surface area contributed by atoms with E-state index in [1.54, 1.807) is 0 Å². The number of hydrogen-bond donors (Lipinski definition) is 0. The van der Waals surface area contributed by atoms with Crippen LogP contribution in [0.4, 0.5) is 18.9 Å². The monoisotopic (exact) mass is 416 g/mol. The van der Waals surface area contributed by atoms with Crippen molar-refractivity contribution < 1.29 is 18.0 Å². The summed E-state index contributed by atoms with van der Waals surface area (Å²) in [5.41, 5.74) is 1.46. The molecule has 1 heterocycles. The van der Waals surface area contributed by atoms with Crippen molar-refractivity contribution in [2.24, 2.45) is 5.41 Å². The molecule has 0 radical (unpaired) electrons. The molecule has 30 heavy (non-hydrogen) atoms. The Kier molecular flexibility index (Phi) is 4.80. The van der Waals surface area contributed by atoms with Crippen LogP contribution < -0.4 is 4.90 Å². The Hall–Kier alpha value is -2.08. The number of alkyl halides is 3. The summed E-state index contributed by atoms with van der Waals surface area (Å²) in [6.07, 6.45) is -0.935. The number of benzene rings is 2. The Labute approximate surface area is 174 Å². The summed E-state index contributed by atoms with van der Waals surface area (Å²) in [6.45, 7) is 3.00. The zero-order valence-electron chi connectivity index (χ0n) is 17.1. The highest BCUT2D eigenvalue weighted by Crippen LogP contribution is 2.51. The standard InChI is InChI=1S/C24H27F3N2O/c25-24(26,27)23(9-1-2-10-23)16-28-11-4-12-29(14-13-28)20-8-7-17-15-21(30)19-6-3-5-18(20)22(17)19/h3,5-8H,1-2,4,9-16H2. The van der Waals surface area contributed by atoms with Gasteiger partial charge in [-0.15, -0.1) is 0 Å². The largest absolute Gasteiger partial charge is 0.395 e. The number of ketones is 1. The van der Waals surface area contributed by atoms with Gasteiger partial charge in [0.15, 0.2) is 5.78 Å². The van der Waals surface area contributed by atoms with Crippen LogP contribution in [0.1, 0.15) is 48.0 Å². The number of rotatable bonds is 3. The number of halogens is 3. The maximum Gasteiger partial charge on any atom is 0.395 e. The number of carbonyl (C=O) groups is 1. The zero-order chi connectivity index (χ0) is 20.9. The zero-order valence-corrected chi connectivity index (χ0v) is 17.1. The molecule has 2 aliphatic carbocycles. The molecule has 3 nitrogen and oxygen atoms in total. The van der Waals surface area contributed by atoms with E-state index in [1.165, 1.54) is 0 Å². The van der Waals surface area contributed by atoms with Crippen LogP contribution in [0.3, 0.4) is 0 Å². The van der Waals surface area contributed by atoms with Crippen molar-refractivity contribution in [3.8, 4) is 0 Å². The molecule has 2 aromatic carbocycles. The van der Waals surface area contributed by atoms with Gasteiger partial charge in [0.2, 0.25) is 0 Å². The minimum absolute atomic E-state index is 0.128. The topological polar surface area (TPSA) is 23.6 Å². The summed E-state index contributed by atoms with van der Waals surface area (Å²) < 4.78 is 41.5. The highest BCUT2D eigenvalue weighted by atomic mass is 19.4. The van der Waals surface area contributed by atoms with Crippen LogP contribution in [-0.2, 0) is 6.42 Å². The predicted octanol–water partition coefficient (Wildman–Crippen LogP) is 5.21. The fourth-order valence-corrected chi connectivity index (χ4v) is 5.77. The molecule has 3 aliphatic rings. The van der Waals surface area contributed by atoms with Crippen LogP contribution in [0.5, 0.6) is 0 Å². The van der Waals surface area contributed by atoms with E-state index in [0.717, 1.165) is 40.6 Å². The summed E-state index contributed by atoms with van der Waals surface area (Å²) >= 11 is 0. The molecule has 0 amide bonds. The van der Waals surface area contributed by atoms with Crippen molar-refractivity contribution in [3.63, 3.8) is 0 Å². The quantitative estimate of drug-likeness (QED) is 0.686. The first-order valence-electron chi connectivity index (χ1n) is 11.0. The molecular weight excluding hydrogens is 389 g/mol. The lowest BCUT2D eigenvalue weighted by Crippen LogP contribution is -2.46. The second-order valence-electron chi connectivity index (χ2n) is 9.17. The molecule has 0 bridgehead atoms. The first-order valence-corrected chi connectivity index (χ1v) is 11.0. The van der Waals surface area contributed by atoms with Gasteiger partial charge in [-0.2, -0.15) is 13.2 Å². The lowest BCUT2D eigenvalue weighted by molar-refractivity contribution is -0.227. The minimum atomic E-state index is -4.13. The summed E-state index contributed by atoms with van der Waals surface area (Å²) in [5.74, 6) is 0.170. The first kappa shape index (κ1) is 19.9. The van der Waals surface area contributed by atoms with E-state index in [2.05, 4.69) is 17.0 Å². The van der Waals surface area contributed by atoms with Gasteiger partial charge in [-0.1, -0.05) is 37.1 Å². The Morgan fingerprint density at radius 1 is 0.933 bits per heavy atom. The number of Topliss-reactive ketones (excluding diaryl/α,β-unsaturated/α-hetero) is 1. The predicted molar refractivity (Wildman–Crippen MR) is 112 cm³/mol. The molecular formula is C24H27F3N2O. The number of anilines is 1. The molecule has 160 valence electrons. The maximum atomic E-state index is 13.8. The lowest BCUT2D eigenvalue weighted by atomic mass is 9.84. The van der Waals surface area contributed by atoms with Crippen LogP contribution in [0, 0.1) is 5.41 Å². The first-order chi connectivity index (χ1) is 14.4. The molecule has 0 spiro atoms. The van der Waals surface area contributed by atoms with Gasteiger partial charge in [-0.05, 0) is 42.8 Å². The van der Waals surface area contributed by atoms with Crippen molar-refractivity contribution in [2.45, 2.75) is 44.7 Å². The smallest absolute Gasteiger partial charge is 0.370 e. The SMILES string of the molecule is O=C1Cc2ccc(N3CCCN(CC4(C(F)(F)F)CCCC4)CC3)c3cccc1c23. The number of nitrogens with zero attached hydrogens (tertiary/aromatic N) is 2. The van der Waals surface area contributed by atoms with E-state index in [1.807, 2.05) is 23.1 Å². The third-order valence-corrected chi connectivity index (χ3v) is 7.37. The van der Waals surface area contributed by atoms with Gasteiger partial charge < -0.3 is 9.80 Å². The van der Waals surface area contributed by atoms with Crippen molar-refractivity contribution in [3.05, 3.63) is 41.5 Å². The van der Waals surface area contributed by atoms with Gasteiger partial charge in [-0.25, -0.2) is 0 Å². The summed E-state index contributed by atoms with van der Waals surface area (Å²) in [7, 11) is 0. The van der Waals surface area contributed by atoms with Gasteiger partial charge in [0.1, 0.15) is 0 Å². The Morgan fingerprint density at radius 3 is 2.50 bits per heavy atom. The van der Waals surface area contributed by atoms with Crippen molar-refractivity contribution in [1.82, 2.24) is 4.90 Å². The minimum Gasteiger partial charge on any atom is -0.370 e. The van der Waals surface area contributed by atoms with Crippen LogP contribution in [0.15, 0.2) is 30.3 Å². The molecule has 2 fully saturated rings. The van der Waals surface area contributed by atoms with E-state index in [0.29, 0.717) is 38.9 Å². The number of carbonyl (C=O) groups excluding carboxylic acids is 1. The molecule has 0 unspecified atom stereocenters. The molecule has 0 atom stereocenters. The summed E-state index contributed by atoms with van der Waals surface area (Å²) in [4.78, 5) is 16.6. The van der Waals surface area contributed by atoms with Gasteiger partial charge in [0, 0.05) is 49.2 Å². The van der Waals surface area contributed by atoms with Gasteiger partial charge in [0.25, 0.3) is 0 Å². The highest BCUT2D eigenvalue weighted by Gasteiger charge is 2.56. The van der Waals surface area contributed by atoms with Crippen LogP contribution in [-0.4, -0.2) is 49.6 Å². The Morgan fingerprint density at radius 2 is 1.73 bits per heavy atom. The molecule has 2 aromatic rings. The highest BCUT2D eigenvalue weighted by molar-refractivity contribution is 6.17. The molecule has 6 heteroatoms. The van der Waals surface area contributed by atoms with E-state index < -0.39 is 11.6 Å². The molecule has 1 saturated heterocycles. The van der Waals surface area contributed by atoms with E-state index in [9.17, 15) is 18.0 Å². The maximum absolute atomic E-state index is 13.8. The second kappa shape index (κ2) is 7.26. The Balaban J connectivity index is 1.37. The van der Waals surface area contributed by atoms with Gasteiger partial charge in [0.05, 0.1) is 5.41 Å². The average molecular weight is 416 g/mol. The fourth-order valence-electron chi connectivity index (χ4n) is 5.77. The molecule has 0 N–H and O–H groups in total. The fraction of sp³-hybridized carbons (Fsp3) is 0.542. The normalized spacial score (nSPS) is 22.1. The third-order valence-electron chi connectivity index (χ3n) is 7.37. The molecule has 1 saturated carbocycles. The molecule has 1 aliphatic heterocycles. The lowest BCUT2D eigenvalue weighted by Gasteiger charge is -2.36. The number of hydrogen-bond acceptors (Lipinski definition) is 3. The van der Waals surface area contributed by atoms with Crippen LogP contribution in [0.25, 0.3) is 10.8 Å². The van der Waals surface area contributed by atoms with E-state index >= 15 is 0 Å². The Bertz CT molecular complexity index is 978. The van der Waals surface area contributed by atoms with E-state index in [-0.39, 0.29) is 25.2 Å². The summed E-state index contributed by atoms with van der Waals surface area (Å²) in [5, 5.41) is 2.15. The second-order valence-corrected chi connectivity index (χ2v) is 9.17. The molecule has 5 rings (SSSR count). The van der Waals surface area contributed by atoms with Crippen molar-refractivity contribution in [1.29, 1.82) is 0 Å². The van der Waals surface area contributed by atoms with E-state index in [4.69, 9.17) is 0 Å². The summed E-state index contributed by atoms with van der Waals surface area (Å²) in [6, 6.07) is 10.0.